The second kappa shape index (κ2) is 4.63. The van der Waals surface area contributed by atoms with E-state index in [1.165, 1.54) is 9.75 Å². The number of carbonyl (C=O) groups is 2. The lowest BCUT2D eigenvalue weighted by atomic mass is 10.2. The van der Waals surface area contributed by atoms with Crippen LogP contribution >= 0.6 is 11.3 Å². The second-order valence-electron chi connectivity index (χ2n) is 5.42. The smallest absolute Gasteiger partial charge is 0.326 e. The van der Waals surface area contributed by atoms with Gasteiger partial charge in [-0.2, -0.15) is 0 Å². The number of likely N-dealkylation sites (tertiary alicyclic amines) is 1. The molecule has 1 aromatic heterocycles. The van der Waals surface area contributed by atoms with E-state index in [-0.39, 0.29) is 11.8 Å². The highest BCUT2D eigenvalue weighted by molar-refractivity contribution is 7.12. The molecule has 2 heterocycles. The summed E-state index contributed by atoms with van der Waals surface area (Å²) in [5.41, 5.74) is 0. The summed E-state index contributed by atoms with van der Waals surface area (Å²) in [5, 5.41) is 9.13. The number of carbonyl (C=O) groups excluding carboxylic acids is 1. The maximum absolute atomic E-state index is 12.4. The van der Waals surface area contributed by atoms with Crippen LogP contribution in [0, 0.1) is 12.8 Å². The fourth-order valence-electron chi connectivity index (χ4n) is 2.94. The first kappa shape index (κ1) is 12.7. The van der Waals surface area contributed by atoms with Crippen LogP contribution in [0.1, 0.15) is 34.9 Å². The van der Waals surface area contributed by atoms with E-state index >= 15 is 0 Å². The van der Waals surface area contributed by atoms with Crippen LogP contribution in [0.4, 0.5) is 0 Å². The van der Waals surface area contributed by atoms with E-state index in [4.69, 9.17) is 5.11 Å². The zero-order valence-corrected chi connectivity index (χ0v) is 11.7. The van der Waals surface area contributed by atoms with Gasteiger partial charge in [-0.15, -0.1) is 11.3 Å². The quantitative estimate of drug-likeness (QED) is 0.923. The molecule has 3 atom stereocenters. The average molecular weight is 279 g/mol. The van der Waals surface area contributed by atoms with Gasteiger partial charge in [-0.3, -0.25) is 4.79 Å². The predicted molar refractivity (Wildman–Crippen MR) is 72.3 cm³/mol. The lowest BCUT2D eigenvalue weighted by Crippen LogP contribution is -2.41. The number of amides is 1. The normalized spacial score (nSPS) is 29.5. The van der Waals surface area contributed by atoms with Crippen molar-refractivity contribution in [3.05, 3.63) is 21.9 Å². The first-order chi connectivity index (χ1) is 9.08. The van der Waals surface area contributed by atoms with Gasteiger partial charge < -0.3 is 10.0 Å². The molecule has 3 rings (SSSR count). The molecule has 1 N–H and O–H groups in total. The molecule has 0 radical (unpaired) electrons. The third-order valence-electron chi connectivity index (χ3n) is 4.06. The van der Waals surface area contributed by atoms with E-state index in [1.807, 2.05) is 0 Å². The highest BCUT2D eigenvalue weighted by Gasteiger charge is 2.49. The van der Waals surface area contributed by atoms with Crippen LogP contribution in [0.2, 0.25) is 0 Å². The summed E-state index contributed by atoms with van der Waals surface area (Å²) < 4.78 is 0. The maximum Gasteiger partial charge on any atom is 0.326 e. The standard InChI is InChI=1S/C14H17NO3S/c1-8-4-5-12(19-8)9-7-10(9)13(16)15-6-2-3-11(15)14(17)18/h4-5,9-11H,2-3,6-7H2,1H3,(H,17,18)/t9-,10-,11-/m1/s1. The molecule has 2 fully saturated rings. The minimum Gasteiger partial charge on any atom is -0.480 e. The number of aliphatic carboxylic acids is 1. The topological polar surface area (TPSA) is 57.6 Å². The number of nitrogens with zero attached hydrogens (tertiary/aromatic N) is 1. The zero-order chi connectivity index (χ0) is 13.6. The zero-order valence-electron chi connectivity index (χ0n) is 10.8. The van der Waals surface area contributed by atoms with E-state index in [1.54, 1.807) is 16.2 Å². The molecule has 0 bridgehead atoms. The molecule has 5 heteroatoms. The third kappa shape index (κ3) is 2.27. The van der Waals surface area contributed by atoms with E-state index in [9.17, 15) is 9.59 Å². The van der Waals surface area contributed by atoms with Crippen molar-refractivity contribution in [3.63, 3.8) is 0 Å². The Labute approximate surface area is 116 Å². The Morgan fingerprint density at radius 3 is 2.84 bits per heavy atom. The van der Waals surface area contributed by atoms with Crippen molar-refractivity contribution < 1.29 is 14.7 Å². The minimum atomic E-state index is -0.866. The fraction of sp³-hybridized carbons (Fsp3) is 0.571. The molecule has 0 spiro atoms. The van der Waals surface area contributed by atoms with Crippen LogP contribution in [-0.2, 0) is 9.59 Å². The highest BCUT2D eigenvalue weighted by Crippen LogP contribution is 2.51. The van der Waals surface area contributed by atoms with Crippen molar-refractivity contribution >= 4 is 23.2 Å². The fourth-order valence-corrected chi connectivity index (χ4v) is 3.99. The van der Waals surface area contributed by atoms with Gasteiger partial charge in [0.2, 0.25) is 5.91 Å². The number of carboxylic acid groups (broad SMARTS) is 1. The van der Waals surface area contributed by atoms with Crippen molar-refractivity contribution in [1.82, 2.24) is 4.90 Å². The lowest BCUT2D eigenvalue weighted by molar-refractivity contribution is -0.148. The van der Waals surface area contributed by atoms with Crippen molar-refractivity contribution in [3.8, 4) is 0 Å². The maximum atomic E-state index is 12.4. The van der Waals surface area contributed by atoms with Gasteiger partial charge in [-0.1, -0.05) is 0 Å². The van der Waals surface area contributed by atoms with Gasteiger partial charge >= 0.3 is 5.97 Å². The Bertz CT molecular complexity index is 525. The Morgan fingerprint density at radius 2 is 2.21 bits per heavy atom. The molecule has 1 aliphatic heterocycles. The summed E-state index contributed by atoms with van der Waals surface area (Å²) in [6.45, 7) is 2.66. The van der Waals surface area contributed by atoms with Gasteiger partial charge in [0.1, 0.15) is 6.04 Å². The molecule has 102 valence electrons. The predicted octanol–water partition coefficient (Wildman–Crippen LogP) is 2.24. The van der Waals surface area contributed by atoms with Crippen LogP contribution in [0.25, 0.3) is 0 Å². The Morgan fingerprint density at radius 1 is 1.42 bits per heavy atom. The second-order valence-corrected chi connectivity index (χ2v) is 6.74. The van der Waals surface area contributed by atoms with Crippen molar-refractivity contribution in [2.24, 2.45) is 5.92 Å². The third-order valence-corrected chi connectivity index (χ3v) is 5.19. The minimum absolute atomic E-state index is 0.0120. The van der Waals surface area contributed by atoms with E-state index in [0.29, 0.717) is 18.9 Å². The van der Waals surface area contributed by atoms with Crippen LogP contribution in [0.5, 0.6) is 0 Å². The Kier molecular flexibility index (Phi) is 3.09. The summed E-state index contributed by atoms with van der Waals surface area (Å²) in [5.74, 6) is -0.491. The average Bonchev–Trinajstić information content (AvgIpc) is 2.82. The molecule has 19 heavy (non-hydrogen) atoms. The molecule has 1 saturated carbocycles. The molecule has 4 nitrogen and oxygen atoms in total. The van der Waals surface area contributed by atoms with Crippen molar-refractivity contribution in [2.45, 2.75) is 38.1 Å². The number of hydrogen-bond acceptors (Lipinski definition) is 3. The molecule has 1 amide bonds. The lowest BCUT2D eigenvalue weighted by Gasteiger charge is -2.21. The first-order valence-corrected chi connectivity index (χ1v) is 7.49. The molecular weight excluding hydrogens is 262 g/mol. The Balaban J connectivity index is 1.68. The summed E-state index contributed by atoms with van der Waals surface area (Å²) in [6, 6.07) is 3.57. The van der Waals surface area contributed by atoms with Gasteiger partial charge in [0, 0.05) is 28.1 Å². The van der Waals surface area contributed by atoms with Gasteiger partial charge in [0.05, 0.1) is 0 Å². The van der Waals surface area contributed by atoms with E-state index in [0.717, 1.165) is 12.8 Å². The number of aryl methyl sites for hydroxylation is 1. The molecule has 1 aliphatic carbocycles. The van der Waals surface area contributed by atoms with Gasteiger partial charge in [-0.25, -0.2) is 4.79 Å². The highest BCUT2D eigenvalue weighted by atomic mass is 32.1. The van der Waals surface area contributed by atoms with Gasteiger partial charge in [0.25, 0.3) is 0 Å². The van der Waals surface area contributed by atoms with Crippen LogP contribution in [0.15, 0.2) is 12.1 Å². The van der Waals surface area contributed by atoms with Crippen molar-refractivity contribution in [1.29, 1.82) is 0 Å². The Hall–Kier alpha value is -1.36. The summed E-state index contributed by atoms with van der Waals surface area (Å²) in [6.07, 6.45) is 2.27. The van der Waals surface area contributed by atoms with Gasteiger partial charge in [0.15, 0.2) is 0 Å². The number of rotatable bonds is 3. The number of carboxylic acids is 1. The van der Waals surface area contributed by atoms with Crippen LogP contribution in [-0.4, -0.2) is 34.5 Å². The summed E-state index contributed by atoms with van der Waals surface area (Å²) in [7, 11) is 0. The molecule has 0 aromatic carbocycles. The van der Waals surface area contributed by atoms with E-state index < -0.39 is 12.0 Å². The summed E-state index contributed by atoms with van der Waals surface area (Å²) in [4.78, 5) is 27.6. The van der Waals surface area contributed by atoms with E-state index in [2.05, 4.69) is 19.1 Å². The molecule has 2 aliphatic rings. The largest absolute Gasteiger partial charge is 0.480 e. The molecule has 0 unspecified atom stereocenters. The first-order valence-electron chi connectivity index (χ1n) is 6.67. The molecule has 1 saturated heterocycles. The SMILES string of the molecule is Cc1ccc([C@@H]2C[C@H]2C(=O)N2CCC[C@@H]2C(=O)O)s1. The molecule has 1 aromatic rings. The van der Waals surface area contributed by atoms with Crippen LogP contribution < -0.4 is 0 Å². The summed E-state index contributed by atoms with van der Waals surface area (Å²) >= 11 is 1.74. The molecular formula is C14H17NO3S. The number of hydrogen-bond donors (Lipinski definition) is 1. The van der Waals surface area contributed by atoms with Gasteiger partial charge in [-0.05, 0) is 38.3 Å². The van der Waals surface area contributed by atoms with Crippen molar-refractivity contribution in [2.75, 3.05) is 6.54 Å². The monoisotopic (exact) mass is 279 g/mol. The van der Waals surface area contributed by atoms with Crippen LogP contribution in [0.3, 0.4) is 0 Å². The number of thiophene rings is 1.